The Kier molecular flexibility index (Phi) is 5.12. The van der Waals surface area contributed by atoms with E-state index in [0.717, 1.165) is 17.0 Å². The first kappa shape index (κ1) is 19.2. The van der Waals surface area contributed by atoms with Crippen LogP contribution in [0.4, 0.5) is 18.9 Å². The molecule has 2 unspecified atom stereocenters. The topological polar surface area (TPSA) is 55.7 Å². The minimum atomic E-state index is -4.39. The van der Waals surface area contributed by atoms with E-state index < -0.39 is 11.7 Å². The van der Waals surface area contributed by atoms with Gasteiger partial charge in [0.1, 0.15) is 4.87 Å². The number of rotatable bonds is 4. The molecule has 2 aliphatic rings. The number of halogens is 3. The van der Waals surface area contributed by atoms with Crippen LogP contribution in [0, 0.1) is 10.8 Å². The second-order valence-corrected chi connectivity index (χ2v) is 7.02. The monoisotopic (exact) mass is 383 g/mol. The summed E-state index contributed by atoms with van der Waals surface area (Å²) in [6.07, 6.45) is -3.97. The van der Waals surface area contributed by atoms with Crippen LogP contribution in [-0.4, -0.2) is 48.1 Å². The lowest BCUT2D eigenvalue weighted by Gasteiger charge is -2.40. The number of carbonyl (C=O) groups is 1. The fourth-order valence-electron chi connectivity index (χ4n) is 3.54. The van der Waals surface area contributed by atoms with E-state index in [2.05, 4.69) is 11.9 Å². The van der Waals surface area contributed by atoms with Gasteiger partial charge in [-0.15, -0.1) is 5.01 Å². The molecule has 6 nitrogen and oxygen atoms in total. The maximum Gasteiger partial charge on any atom is 0.416 e. The van der Waals surface area contributed by atoms with Gasteiger partial charge in [0.2, 0.25) is 12.5 Å². The van der Waals surface area contributed by atoms with Crippen molar-refractivity contribution in [3.63, 3.8) is 0 Å². The fourth-order valence-corrected chi connectivity index (χ4v) is 3.54. The summed E-state index contributed by atoms with van der Waals surface area (Å²) < 4.78 is 38.4. The van der Waals surface area contributed by atoms with Crippen LogP contribution in [0.1, 0.15) is 18.9 Å². The summed E-state index contributed by atoms with van der Waals surface area (Å²) in [5.74, 6) is -0.292. The predicted molar refractivity (Wildman–Crippen MR) is 93.7 cm³/mol. The van der Waals surface area contributed by atoms with Gasteiger partial charge in [0, 0.05) is 30.3 Å². The Labute approximate surface area is 155 Å². The summed E-state index contributed by atoms with van der Waals surface area (Å²) in [5.41, 5.74) is 0.321. The highest BCUT2D eigenvalue weighted by atomic mass is 19.4. The Morgan fingerprint density at radius 2 is 1.96 bits per heavy atom. The Morgan fingerprint density at radius 1 is 1.30 bits per heavy atom. The summed E-state index contributed by atoms with van der Waals surface area (Å²) in [7, 11) is 0. The van der Waals surface area contributed by atoms with Crippen molar-refractivity contribution < 1.29 is 22.8 Å². The van der Waals surface area contributed by atoms with Crippen molar-refractivity contribution in [2.45, 2.75) is 25.7 Å². The van der Waals surface area contributed by atoms with Crippen molar-refractivity contribution in [3.8, 4) is 0 Å². The largest absolute Gasteiger partial charge is 0.416 e. The first-order valence-corrected chi connectivity index (χ1v) is 8.75. The van der Waals surface area contributed by atoms with Crippen LogP contribution in [-0.2, 0) is 11.0 Å². The van der Waals surface area contributed by atoms with Crippen LogP contribution in [0.3, 0.4) is 0 Å². The number of hydrogen-bond donors (Lipinski definition) is 1. The van der Waals surface area contributed by atoms with E-state index in [-0.39, 0.29) is 18.0 Å². The first-order chi connectivity index (χ1) is 12.7. The summed E-state index contributed by atoms with van der Waals surface area (Å²) in [5, 5.41) is 4.47. The first-order valence-electron chi connectivity index (χ1n) is 8.75. The number of nitrogens with one attached hydrogen (secondary N) is 1. The number of benzene rings is 1. The molecular weight excluding hydrogens is 361 g/mol. The zero-order valence-electron chi connectivity index (χ0n) is 15.0. The maximum atomic E-state index is 12.8. The van der Waals surface area contributed by atoms with Crippen molar-refractivity contribution >= 4 is 11.6 Å². The van der Waals surface area contributed by atoms with Gasteiger partial charge in [-0.05, 0) is 31.2 Å². The van der Waals surface area contributed by atoms with Crippen LogP contribution >= 0.6 is 0 Å². The van der Waals surface area contributed by atoms with E-state index in [1.54, 1.807) is 11.9 Å². The number of nitroso groups, excluding NO2 is 1. The molecule has 1 aromatic rings. The molecule has 2 fully saturated rings. The number of nitrogens with zero attached hydrogens (tertiary/aromatic N) is 3. The van der Waals surface area contributed by atoms with Crippen molar-refractivity contribution in [1.29, 1.82) is 0 Å². The molecule has 0 aromatic heterocycles. The second-order valence-electron chi connectivity index (χ2n) is 7.02. The Bertz CT molecular complexity index is 748. The lowest BCUT2D eigenvalue weighted by atomic mass is 10.0. The zero-order chi connectivity index (χ0) is 19.8. The van der Waals surface area contributed by atoms with Gasteiger partial charge in [-0.3, -0.25) is 4.79 Å². The van der Waals surface area contributed by atoms with Crippen molar-refractivity contribution in [2.75, 3.05) is 31.1 Å². The number of amides is 1. The van der Waals surface area contributed by atoms with Crippen LogP contribution in [0.5, 0.6) is 0 Å². The molecule has 0 saturated carbocycles. The fraction of sp³-hybridized carbons (Fsp3) is 0.500. The van der Waals surface area contributed by atoms with Gasteiger partial charge in [0.15, 0.2) is 6.17 Å². The number of hydrogen-bond acceptors (Lipinski definition) is 3. The van der Waals surface area contributed by atoms with Gasteiger partial charge in [0.25, 0.3) is 0 Å². The predicted octanol–water partition coefficient (Wildman–Crippen LogP) is 2.56. The smallest absolute Gasteiger partial charge is 0.352 e. The van der Waals surface area contributed by atoms with Crippen molar-refractivity contribution in [2.24, 2.45) is 5.92 Å². The van der Waals surface area contributed by atoms with Crippen molar-refractivity contribution in [1.82, 2.24) is 10.3 Å². The molecule has 27 heavy (non-hydrogen) atoms. The highest BCUT2D eigenvalue weighted by molar-refractivity contribution is 5.92. The Hall–Kier alpha value is -2.58. The molecule has 0 spiro atoms. The molecule has 146 valence electrons. The third-order valence-corrected chi connectivity index (χ3v) is 4.93. The van der Waals surface area contributed by atoms with Gasteiger partial charge in [0.05, 0.1) is 23.4 Å². The van der Waals surface area contributed by atoms with Gasteiger partial charge < -0.3 is 10.2 Å². The highest BCUT2D eigenvalue weighted by Crippen LogP contribution is 2.34. The van der Waals surface area contributed by atoms with Gasteiger partial charge >= 0.3 is 6.18 Å². The van der Waals surface area contributed by atoms with E-state index in [4.69, 9.17) is 0 Å². The molecule has 1 aromatic carbocycles. The van der Waals surface area contributed by atoms with E-state index in [1.807, 2.05) is 4.90 Å². The number of alkyl halides is 3. The SMILES string of the molecule is C=C(C)C(=O)NCC1CN(c2ccc(C(F)(F)F)cc2)C2CC[N+](=O)N2C1. The lowest BCUT2D eigenvalue weighted by Crippen LogP contribution is -2.57. The molecule has 0 bridgehead atoms. The molecule has 0 aliphatic carbocycles. The van der Waals surface area contributed by atoms with Crippen LogP contribution < -0.4 is 10.2 Å². The third-order valence-electron chi connectivity index (χ3n) is 4.93. The number of anilines is 1. The minimum Gasteiger partial charge on any atom is -0.352 e. The average molecular weight is 383 g/mol. The number of carbonyl (C=O) groups excluding carboxylic acids is 1. The molecular formula is C18H22F3N4O2+. The molecule has 2 heterocycles. The minimum absolute atomic E-state index is 0.0404. The summed E-state index contributed by atoms with van der Waals surface area (Å²) >= 11 is 0. The maximum absolute atomic E-state index is 12.8. The standard InChI is InChI=1S/C18H21F3N4O2/c1-12(2)17(26)22-9-13-10-23(16-7-8-25(27)24(16)11-13)15-5-3-14(4-6-15)18(19,20)21/h3-6,13,16H,1,7-11H2,2H3/p+1. The summed E-state index contributed by atoms with van der Waals surface area (Å²) in [4.78, 5) is 26.7. The van der Waals surface area contributed by atoms with E-state index in [0.29, 0.717) is 43.9 Å². The zero-order valence-corrected chi connectivity index (χ0v) is 15.0. The van der Waals surface area contributed by atoms with Crippen LogP contribution in [0.25, 0.3) is 0 Å². The Morgan fingerprint density at radius 3 is 2.56 bits per heavy atom. The van der Waals surface area contributed by atoms with Gasteiger partial charge in [-0.1, -0.05) is 6.58 Å². The number of fused-ring (bicyclic) bond motifs is 1. The molecule has 2 saturated heterocycles. The third kappa shape index (κ3) is 4.06. The lowest BCUT2D eigenvalue weighted by molar-refractivity contribution is -0.692. The normalized spacial score (nSPS) is 22.6. The van der Waals surface area contributed by atoms with E-state index in [9.17, 15) is 22.9 Å². The molecule has 0 radical (unpaired) electrons. The molecule has 3 rings (SSSR count). The Balaban J connectivity index is 1.78. The average Bonchev–Trinajstić information content (AvgIpc) is 2.99. The van der Waals surface area contributed by atoms with Gasteiger partial charge in [-0.25, -0.2) is 0 Å². The second kappa shape index (κ2) is 7.21. The van der Waals surface area contributed by atoms with Crippen LogP contribution in [0.15, 0.2) is 36.4 Å². The molecule has 1 N–H and O–H groups in total. The molecule has 2 atom stereocenters. The number of hydrazine groups is 1. The summed E-state index contributed by atoms with van der Waals surface area (Å²) in [6, 6.07) is 4.97. The van der Waals surface area contributed by atoms with Gasteiger partial charge in [-0.2, -0.15) is 13.2 Å². The molecule has 9 heteroatoms. The van der Waals surface area contributed by atoms with Crippen molar-refractivity contribution in [3.05, 3.63) is 46.9 Å². The van der Waals surface area contributed by atoms with E-state index in [1.165, 1.54) is 12.1 Å². The summed E-state index contributed by atoms with van der Waals surface area (Å²) in [6.45, 7) is 6.93. The highest BCUT2D eigenvalue weighted by Gasteiger charge is 2.47. The quantitative estimate of drug-likeness (QED) is 0.641. The molecule has 1 amide bonds. The van der Waals surface area contributed by atoms with Crippen LogP contribution in [0.2, 0.25) is 0 Å². The van der Waals surface area contributed by atoms with E-state index >= 15 is 0 Å². The molecule has 2 aliphatic heterocycles.